The van der Waals surface area contributed by atoms with E-state index in [4.69, 9.17) is 17.3 Å². The van der Waals surface area contributed by atoms with Crippen LogP contribution in [0.2, 0.25) is 5.02 Å². The average molecular weight is 304 g/mol. The third kappa shape index (κ3) is 3.47. The SMILES string of the molecule is Cc1cc(Cl)ccc1NC(=O)c1cc(N)ccc1N(C)C. The highest BCUT2D eigenvalue weighted by atomic mass is 35.5. The van der Waals surface area contributed by atoms with Gasteiger partial charge >= 0.3 is 0 Å². The highest BCUT2D eigenvalue weighted by molar-refractivity contribution is 6.30. The molecule has 0 spiro atoms. The minimum atomic E-state index is -0.198. The fraction of sp³-hybridized carbons (Fsp3) is 0.188. The summed E-state index contributed by atoms with van der Waals surface area (Å²) in [5, 5.41) is 3.54. The fourth-order valence-electron chi connectivity index (χ4n) is 2.08. The van der Waals surface area contributed by atoms with Crippen molar-refractivity contribution in [3.8, 4) is 0 Å². The number of benzene rings is 2. The molecule has 5 heteroatoms. The molecule has 110 valence electrons. The van der Waals surface area contributed by atoms with E-state index in [-0.39, 0.29) is 5.91 Å². The van der Waals surface area contributed by atoms with Gasteiger partial charge in [-0.3, -0.25) is 4.79 Å². The van der Waals surface area contributed by atoms with E-state index in [0.717, 1.165) is 16.9 Å². The molecule has 0 bridgehead atoms. The molecule has 0 aliphatic carbocycles. The van der Waals surface area contributed by atoms with Crippen molar-refractivity contribution < 1.29 is 4.79 Å². The second-order valence-electron chi connectivity index (χ2n) is 5.08. The number of nitrogens with two attached hydrogens (primary N) is 1. The largest absolute Gasteiger partial charge is 0.399 e. The van der Waals surface area contributed by atoms with Crippen molar-refractivity contribution in [1.82, 2.24) is 0 Å². The second kappa shape index (κ2) is 6.06. The van der Waals surface area contributed by atoms with E-state index in [1.807, 2.05) is 38.1 Å². The van der Waals surface area contributed by atoms with E-state index < -0.39 is 0 Å². The molecule has 0 saturated carbocycles. The number of nitrogens with one attached hydrogen (secondary N) is 1. The maximum atomic E-state index is 12.5. The molecule has 2 aromatic rings. The minimum absolute atomic E-state index is 0.198. The van der Waals surface area contributed by atoms with E-state index in [2.05, 4.69) is 5.32 Å². The van der Waals surface area contributed by atoms with E-state index in [0.29, 0.717) is 16.3 Å². The van der Waals surface area contributed by atoms with Crippen molar-refractivity contribution in [3.05, 3.63) is 52.5 Å². The molecule has 0 atom stereocenters. The number of aryl methyl sites for hydroxylation is 1. The predicted octanol–water partition coefficient (Wildman–Crippen LogP) is 3.55. The van der Waals surface area contributed by atoms with Crippen LogP contribution in [0.3, 0.4) is 0 Å². The Morgan fingerprint density at radius 2 is 1.90 bits per heavy atom. The number of hydrogen-bond acceptors (Lipinski definition) is 3. The molecule has 0 heterocycles. The Labute approximate surface area is 129 Å². The lowest BCUT2D eigenvalue weighted by Crippen LogP contribution is -2.19. The lowest BCUT2D eigenvalue weighted by atomic mass is 10.1. The van der Waals surface area contributed by atoms with Gasteiger partial charge in [0, 0.05) is 36.2 Å². The van der Waals surface area contributed by atoms with Gasteiger partial charge in [-0.25, -0.2) is 0 Å². The number of hydrogen-bond donors (Lipinski definition) is 2. The van der Waals surface area contributed by atoms with E-state index in [9.17, 15) is 4.79 Å². The molecule has 0 radical (unpaired) electrons. The number of rotatable bonds is 3. The number of carbonyl (C=O) groups excluding carboxylic acids is 1. The Bertz CT molecular complexity index is 683. The normalized spacial score (nSPS) is 10.3. The van der Waals surface area contributed by atoms with Gasteiger partial charge < -0.3 is 16.0 Å². The van der Waals surface area contributed by atoms with Gasteiger partial charge in [-0.2, -0.15) is 0 Å². The van der Waals surface area contributed by atoms with Crippen LogP contribution in [-0.2, 0) is 0 Å². The first-order valence-electron chi connectivity index (χ1n) is 6.53. The van der Waals surface area contributed by atoms with Crippen LogP contribution in [0.1, 0.15) is 15.9 Å². The van der Waals surface area contributed by atoms with Crippen LogP contribution in [0.5, 0.6) is 0 Å². The number of carbonyl (C=O) groups is 1. The summed E-state index contributed by atoms with van der Waals surface area (Å²) in [4.78, 5) is 14.4. The van der Waals surface area contributed by atoms with Crippen LogP contribution in [-0.4, -0.2) is 20.0 Å². The first kappa shape index (κ1) is 15.2. The van der Waals surface area contributed by atoms with Crippen molar-refractivity contribution in [2.75, 3.05) is 30.0 Å². The number of nitrogens with zero attached hydrogens (tertiary/aromatic N) is 1. The van der Waals surface area contributed by atoms with E-state index in [1.165, 1.54) is 0 Å². The van der Waals surface area contributed by atoms with Gasteiger partial charge in [0.2, 0.25) is 0 Å². The summed E-state index contributed by atoms with van der Waals surface area (Å²) < 4.78 is 0. The molecule has 2 aromatic carbocycles. The molecule has 0 unspecified atom stereocenters. The minimum Gasteiger partial charge on any atom is -0.399 e. The maximum absolute atomic E-state index is 12.5. The molecule has 3 N–H and O–H groups in total. The number of amides is 1. The summed E-state index contributed by atoms with van der Waals surface area (Å²) in [6.07, 6.45) is 0. The summed E-state index contributed by atoms with van der Waals surface area (Å²) in [5.74, 6) is -0.198. The van der Waals surface area contributed by atoms with Crippen LogP contribution in [0.15, 0.2) is 36.4 Å². The third-order valence-corrected chi connectivity index (χ3v) is 3.42. The summed E-state index contributed by atoms with van der Waals surface area (Å²) in [7, 11) is 3.77. The number of halogens is 1. The topological polar surface area (TPSA) is 58.4 Å². The first-order valence-corrected chi connectivity index (χ1v) is 6.90. The van der Waals surface area contributed by atoms with Crippen molar-refractivity contribution in [2.45, 2.75) is 6.92 Å². The van der Waals surface area contributed by atoms with E-state index >= 15 is 0 Å². The zero-order chi connectivity index (χ0) is 15.6. The van der Waals surface area contributed by atoms with E-state index in [1.54, 1.807) is 24.3 Å². The molecule has 0 saturated heterocycles. The molecule has 0 aliphatic rings. The monoisotopic (exact) mass is 303 g/mol. The lowest BCUT2D eigenvalue weighted by molar-refractivity contribution is 0.102. The molecule has 21 heavy (non-hydrogen) atoms. The van der Waals surface area contributed by atoms with Crippen molar-refractivity contribution in [3.63, 3.8) is 0 Å². The third-order valence-electron chi connectivity index (χ3n) is 3.18. The Kier molecular flexibility index (Phi) is 4.38. The van der Waals surface area contributed by atoms with Crippen LogP contribution in [0, 0.1) is 6.92 Å². The number of nitrogen functional groups attached to an aromatic ring is 1. The second-order valence-corrected chi connectivity index (χ2v) is 5.52. The molecule has 0 aromatic heterocycles. The molecule has 0 fully saturated rings. The van der Waals surface area contributed by atoms with Crippen molar-refractivity contribution in [1.29, 1.82) is 0 Å². The highest BCUT2D eigenvalue weighted by Gasteiger charge is 2.14. The summed E-state index contributed by atoms with van der Waals surface area (Å²) in [6, 6.07) is 10.6. The predicted molar refractivity (Wildman–Crippen MR) is 89.3 cm³/mol. The Balaban J connectivity index is 2.34. The van der Waals surface area contributed by atoms with Crippen LogP contribution >= 0.6 is 11.6 Å². The highest BCUT2D eigenvalue weighted by Crippen LogP contribution is 2.24. The average Bonchev–Trinajstić information content (AvgIpc) is 2.41. The standard InChI is InChI=1S/C16H18ClN3O/c1-10-8-11(17)4-6-14(10)19-16(21)13-9-12(18)5-7-15(13)20(2)3/h4-9H,18H2,1-3H3,(H,19,21). The van der Waals surface area contributed by atoms with Gasteiger partial charge in [-0.05, 0) is 48.9 Å². The molecule has 2 rings (SSSR count). The van der Waals surface area contributed by atoms with Gasteiger partial charge in [0.1, 0.15) is 0 Å². The molecule has 1 amide bonds. The van der Waals surface area contributed by atoms with Crippen LogP contribution in [0.4, 0.5) is 17.1 Å². The van der Waals surface area contributed by atoms with Gasteiger partial charge in [0.25, 0.3) is 5.91 Å². The Morgan fingerprint density at radius 3 is 2.52 bits per heavy atom. The summed E-state index contributed by atoms with van der Waals surface area (Å²) >= 11 is 5.92. The summed E-state index contributed by atoms with van der Waals surface area (Å²) in [6.45, 7) is 1.90. The molecular weight excluding hydrogens is 286 g/mol. The van der Waals surface area contributed by atoms with Gasteiger partial charge in [-0.15, -0.1) is 0 Å². The van der Waals surface area contributed by atoms with Crippen LogP contribution in [0.25, 0.3) is 0 Å². The Morgan fingerprint density at radius 1 is 1.19 bits per heavy atom. The lowest BCUT2D eigenvalue weighted by Gasteiger charge is -2.18. The number of anilines is 3. The van der Waals surface area contributed by atoms with Crippen LogP contribution < -0.4 is 16.0 Å². The van der Waals surface area contributed by atoms with Gasteiger partial charge in [-0.1, -0.05) is 11.6 Å². The quantitative estimate of drug-likeness (QED) is 0.853. The maximum Gasteiger partial charge on any atom is 0.257 e. The van der Waals surface area contributed by atoms with Gasteiger partial charge in [0.15, 0.2) is 0 Å². The van der Waals surface area contributed by atoms with Gasteiger partial charge in [0.05, 0.1) is 5.56 Å². The smallest absolute Gasteiger partial charge is 0.257 e. The molecule has 0 aliphatic heterocycles. The Hall–Kier alpha value is -2.20. The first-order chi connectivity index (χ1) is 9.88. The van der Waals surface area contributed by atoms with Crippen molar-refractivity contribution >= 4 is 34.6 Å². The molecular formula is C16H18ClN3O. The zero-order valence-corrected chi connectivity index (χ0v) is 13.0. The van der Waals surface area contributed by atoms with Crippen molar-refractivity contribution in [2.24, 2.45) is 0 Å². The summed E-state index contributed by atoms with van der Waals surface area (Å²) in [5.41, 5.74) is 9.34. The zero-order valence-electron chi connectivity index (χ0n) is 12.3. The molecule has 4 nitrogen and oxygen atoms in total. The fourth-order valence-corrected chi connectivity index (χ4v) is 2.31.